The molecule has 0 fully saturated rings. The van der Waals surface area contributed by atoms with Crippen LogP contribution in [0.2, 0.25) is 0 Å². The van der Waals surface area contributed by atoms with Gasteiger partial charge in [0.2, 0.25) is 5.91 Å². The molecule has 1 atom stereocenters. The molecule has 124 valence electrons. The number of carbonyl (C=O) groups excluding carboxylic acids is 1. The van der Waals surface area contributed by atoms with Crippen molar-refractivity contribution >= 4 is 28.6 Å². The van der Waals surface area contributed by atoms with Crippen LogP contribution in [0.15, 0.2) is 41.8 Å². The normalized spacial score (nSPS) is 17.2. The van der Waals surface area contributed by atoms with Crippen molar-refractivity contribution in [1.29, 1.82) is 0 Å². The van der Waals surface area contributed by atoms with E-state index in [9.17, 15) is 4.79 Å². The predicted octanol–water partition coefficient (Wildman–Crippen LogP) is 3.93. The third-order valence-electron chi connectivity index (χ3n) is 4.87. The average molecular weight is 339 g/mol. The number of rotatable bonds is 3. The largest absolute Gasteiger partial charge is 0.329 e. The standard InChI is InChI=1S/C19H21N3OS/c1-13-7-8-17-15(11-13)14-5-3-4-6-16(14)22(17)18(23)12-24-19-20-9-10-21(19)2/h3-6,9-10,13H,7-8,11-12H2,1-2H3/t13-/m0/s1. The van der Waals surface area contributed by atoms with Crippen LogP contribution in [0, 0.1) is 5.92 Å². The Bertz CT molecular complexity index is 909. The van der Waals surface area contributed by atoms with E-state index in [1.54, 1.807) is 6.20 Å². The minimum atomic E-state index is 0.148. The number of aromatic nitrogens is 3. The van der Waals surface area contributed by atoms with Crippen molar-refractivity contribution in [1.82, 2.24) is 14.1 Å². The highest BCUT2D eigenvalue weighted by Gasteiger charge is 2.25. The maximum absolute atomic E-state index is 13.0. The summed E-state index contributed by atoms with van der Waals surface area (Å²) in [6, 6.07) is 8.32. The number of fused-ring (bicyclic) bond motifs is 3. The van der Waals surface area contributed by atoms with Crippen LogP contribution in [-0.4, -0.2) is 25.8 Å². The lowest BCUT2D eigenvalue weighted by molar-refractivity contribution is 0.0943. The summed E-state index contributed by atoms with van der Waals surface area (Å²) in [5.74, 6) is 1.25. The number of para-hydroxylation sites is 1. The molecule has 2 heterocycles. The number of benzene rings is 1. The molecule has 0 unspecified atom stereocenters. The fourth-order valence-electron chi connectivity index (χ4n) is 3.65. The van der Waals surface area contributed by atoms with Crippen LogP contribution < -0.4 is 0 Å². The van der Waals surface area contributed by atoms with Crippen LogP contribution >= 0.6 is 11.8 Å². The number of carbonyl (C=O) groups is 1. The third kappa shape index (κ3) is 2.57. The number of nitrogens with zero attached hydrogens (tertiary/aromatic N) is 3. The van der Waals surface area contributed by atoms with Crippen LogP contribution in [0.25, 0.3) is 10.9 Å². The lowest BCUT2D eigenvalue weighted by atomic mass is 9.88. The van der Waals surface area contributed by atoms with E-state index in [0.717, 1.165) is 29.9 Å². The molecule has 0 saturated carbocycles. The second kappa shape index (κ2) is 6.13. The molecular formula is C19H21N3OS. The van der Waals surface area contributed by atoms with Gasteiger partial charge in [-0.05, 0) is 36.8 Å². The molecule has 4 rings (SSSR count). The SMILES string of the molecule is C[C@H]1CCc2c(c3ccccc3n2C(=O)CSc2nccn2C)C1. The minimum absolute atomic E-state index is 0.148. The summed E-state index contributed by atoms with van der Waals surface area (Å²) in [6.07, 6.45) is 6.89. The first-order chi connectivity index (χ1) is 11.6. The van der Waals surface area contributed by atoms with E-state index in [1.807, 2.05) is 28.4 Å². The topological polar surface area (TPSA) is 39.8 Å². The van der Waals surface area contributed by atoms with E-state index in [0.29, 0.717) is 11.7 Å². The Morgan fingerprint density at radius 1 is 1.38 bits per heavy atom. The van der Waals surface area contributed by atoms with Crippen molar-refractivity contribution in [3.63, 3.8) is 0 Å². The Balaban J connectivity index is 1.71. The fourth-order valence-corrected chi connectivity index (χ4v) is 4.43. The van der Waals surface area contributed by atoms with Crippen molar-refractivity contribution in [2.45, 2.75) is 31.3 Å². The molecule has 0 radical (unpaired) electrons. The van der Waals surface area contributed by atoms with Gasteiger partial charge in [0.25, 0.3) is 0 Å². The second-order valence-electron chi connectivity index (χ2n) is 6.63. The maximum atomic E-state index is 13.0. The van der Waals surface area contributed by atoms with Gasteiger partial charge in [-0.3, -0.25) is 9.36 Å². The summed E-state index contributed by atoms with van der Waals surface area (Å²) in [5.41, 5.74) is 3.65. The van der Waals surface area contributed by atoms with E-state index >= 15 is 0 Å². The molecule has 0 saturated heterocycles. The van der Waals surface area contributed by atoms with E-state index in [4.69, 9.17) is 0 Å². The molecule has 0 N–H and O–H groups in total. The summed E-state index contributed by atoms with van der Waals surface area (Å²) >= 11 is 1.50. The third-order valence-corrected chi connectivity index (χ3v) is 5.91. The lowest BCUT2D eigenvalue weighted by Crippen LogP contribution is -2.20. The van der Waals surface area contributed by atoms with Gasteiger partial charge in [-0.15, -0.1) is 0 Å². The number of hydrogen-bond acceptors (Lipinski definition) is 3. The Morgan fingerprint density at radius 2 is 2.21 bits per heavy atom. The number of imidazole rings is 1. The highest BCUT2D eigenvalue weighted by atomic mass is 32.2. The van der Waals surface area contributed by atoms with Crippen molar-refractivity contribution in [3.8, 4) is 0 Å². The lowest BCUT2D eigenvalue weighted by Gasteiger charge is -2.20. The molecule has 3 aromatic rings. The van der Waals surface area contributed by atoms with Crippen molar-refractivity contribution < 1.29 is 4.79 Å². The first-order valence-corrected chi connectivity index (χ1v) is 9.38. The number of thioether (sulfide) groups is 1. The predicted molar refractivity (Wildman–Crippen MR) is 97.7 cm³/mol. The van der Waals surface area contributed by atoms with Crippen molar-refractivity contribution in [3.05, 3.63) is 47.9 Å². The number of hydrogen-bond donors (Lipinski definition) is 0. The maximum Gasteiger partial charge on any atom is 0.241 e. The molecule has 4 nitrogen and oxygen atoms in total. The van der Waals surface area contributed by atoms with E-state index in [2.05, 4.69) is 30.1 Å². The average Bonchev–Trinajstić information content (AvgIpc) is 3.13. The summed E-state index contributed by atoms with van der Waals surface area (Å²) in [4.78, 5) is 17.3. The Kier molecular flexibility index (Phi) is 3.96. The molecule has 5 heteroatoms. The molecule has 2 aromatic heterocycles. The zero-order chi connectivity index (χ0) is 16.7. The summed E-state index contributed by atoms with van der Waals surface area (Å²) < 4.78 is 3.91. The summed E-state index contributed by atoms with van der Waals surface area (Å²) in [7, 11) is 1.95. The molecule has 0 amide bonds. The van der Waals surface area contributed by atoms with E-state index in [-0.39, 0.29) is 5.91 Å². The molecule has 0 spiro atoms. The van der Waals surface area contributed by atoms with Gasteiger partial charge >= 0.3 is 0 Å². The molecule has 1 aliphatic carbocycles. The van der Waals surface area contributed by atoms with Gasteiger partial charge in [0, 0.05) is 30.5 Å². The van der Waals surface area contributed by atoms with E-state index in [1.165, 1.54) is 28.4 Å². The van der Waals surface area contributed by atoms with E-state index < -0.39 is 0 Å². The van der Waals surface area contributed by atoms with Gasteiger partial charge in [-0.2, -0.15) is 0 Å². The quantitative estimate of drug-likeness (QED) is 0.679. The van der Waals surface area contributed by atoms with Crippen LogP contribution in [0.1, 0.15) is 29.4 Å². The highest BCUT2D eigenvalue weighted by molar-refractivity contribution is 7.99. The molecule has 0 bridgehead atoms. The van der Waals surface area contributed by atoms with Crippen LogP contribution in [-0.2, 0) is 19.9 Å². The fraction of sp³-hybridized carbons (Fsp3) is 0.368. The Hall–Kier alpha value is -2.01. The zero-order valence-corrected chi connectivity index (χ0v) is 14.8. The summed E-state index contributed by atoms with van der Waals surface area (Å²) in [6.45, 7) is 2.30. The second-order valence-corrected chi connectivity index (χ2v) is 7.57. The molecular weight excluding hydrogens is 318 g/mol. The van der Waals surface area contributed by atoms with Gasteiger partial charge < -0.3 is 4.57 Å². The zero-order valence-electron chi connectivity index (χ0n) is 14.0. The van der Waals surface area contributed by atoms with Gasteiger partial charge in [-0.1, -0.05) is 36.9 Å². The first kappa shape index (κ1) is 15.5. The summed E-state index contributed by atoms with van der Waals surface area (Å²) in [5, 5.41) is 2.12. The van der Waals surface area contributed by atoms with Gasteiger partial charge in [0.15, 0.2) is 5.16 Å². The Labute approximate surface area is 145 Å². The Morgan fingerprint density at radius 3 is 3.00 bits per heavy atom. The number of aryl methyl sites for hydroxylation is 1. The minimum Gasteiger partial charge on any atom is -0.329 e. The van der Waals surface area contributed by atoms with Gasteiger partial charge in [0.1, 0.15) is 0 Å². The van der Waals surface area contributed by atoms with Gasteiger partial charge in [0.05, 0.1) is 11.3 Å². The van der Waals surface area contributed by atoms with Crippen LogP contribution in [0.5, 0.6) is 0 Å². The van der Waals surface area contributed by atoms with Crippen molar-refractivity contribution in [2.75, 3.05) is 5.75 Å². The first-order valence-electron chi connectivity index (χ1n) is 8.39. The molecule has 0 aliphatic heterocycles. The molecule has 1 aliphatic rings. The van der Waals surface area contributed by atoms with Gasteiger partial charge in [-0.25, -0.2) is 4.98 Å². The smallest absolute Gasteiger partial charge is 0.241 e. The molecule has 1 aromatic carbocycles. The monoisotopic (exact) mass is 339 g/mol. The van der Waals surface area contributed by atoms with Crippen LogP contribution in [0.3, 0.4) is 0 Å². The molecule has 24 heavy (non-hydrogen) atoms. The van der Waals surface area contributed by atoms with Crippen molar-refractivity contribution in [2.24, 2.45) is 13.0 Å². The van der Waals surface area contributed by atoms with Crippen LogP contribution in [0.4, 0.5) is 0 Å². The highest BCUT2D eigenvalue weighted by Crippen LogP contribution is 2.34.